The molecule has 3 aromatic carbocycles. The fraction of sp³-hybridized carbons (Fsp3) is 0.412. The van der Waals surface area contributed by atoms with Gasteiger partial charge in [0.15, 0.2) is 0 Å². The summed E-state index contributed by atoms with van der Waals surface area (Å²) in [5.74, 6) is 2.17. The first-order chi connectivity index (χ1) is 19.6. The number of phenols is 1. The van der Waals surface area contributed by atoms with Crippen LogP contribution in [0.3, 0.4) is 0 Å². The van der Waals surface area contributed by atoms with E-state index >= 15 is 0 Å². The predicted octanol–water partition coefficient (Wildman–Crippen LogP) is 7.20. The first-order valence-electron chi connectivity index (χ1n) is 14.8. The van der Waals surface area contributed by atoms with Crippen LogP contribution in [0.15, 0.2) is 66.7 Å². The summed E-state index contributed by atoms with van der Waals surface area (Å²) in [5.41, 5.74) is 3.73. The summed E-state index contributed by atoms with van der Waals surface area (Å²) < 4.78 is 13.5. The number of phenolic OH excluding ortho intramolecular Hbond substituents is 1. The van der Waals surface area contributed by atoms with E-state index in [2.05, 4.69) is 71.3 Å². The number of hydrogen-bond donors (Lipinski definition) is 1. The van der Waals surface area contributed by atoms with Gasteiger partial charge < -0.3 is 14.6 Å². The van der Waals surface area contributed by atoms with Crippen LogP contribution in [0.5, 0.6) is 17.2 Å². The third-order valence-corrected chi connectivity index (χ3v) is 9.55. The Morgan fingerprint density at radius 1 is 0.875 bits per heavy atom. The number of aromatic hydroxyl groups is 1. The number of rotatable bonds is 10. The van der Waals surface area contributed by atoms with Crippen LogP contribution >= 0.6 is 11.3 Å². The maximum Gasteiger partial charge on any atom is 0.119 e. The predicted molar refractivity (Wildman–Crippen MR) is 165 cm³/mol. The molecule has 2 fully saturated rings. The fourth-order valence-electron chi connectivity index (χ4n) is 5.99. The van der Waals surface area contributed by atoms with Crippen LogP contribution in [0.25, 0.3) is 20.5 Å². The standard InChI is InChI=1S/C34H40N2O3S/c1-2-35-19-16-30(24-35)39-29-13-8-26(9-14-29)34-32(31-15-10-27(37)23-33(31)40-34)22-25-6-11-28(12-7-25)38-21-20-36-17-4-3-5-18-36/h6-15,23,30,37H,2-5,16-22,24H2,1H3. The Morgan fingerprint density at radius 3 is 2.40 bits per heavy atom. The second-order valence-electron chi connectivity index (χ2n) is 11.1. The maximum absolute atomic E-state index is 10.2. The second kappa shape index (κ2) is 12.6. The zero-order chi connectivity index (χ0) is 27.3. The Morgan fingerprint density at radius 2 is 1.65 bits per heavy atom. The molecule has 0 bridgehead atoms. The van der Waals surface area contributed by atoms with Crippen molar-refractivity contribution >= 4 is 21.4 Å². The lowest BCUT2D eigenvalue weighted by atomic mass is 9.99. The molecule has 0 amide bonds. The van der Waals surface area contributed by atoms with Crippen molar-refractivity contribution in [3.05, 3.63) is 77.9 Å². The molecule has 6 heteroatoms. The number of ether oxygens (including phenoxy) is 2. The van der Waals surface area contributed by atoms with Gasteiger partial charge in [0.2, 0.25) is 0 Å². The van der Waals surface area contributed by atoms with Gasteiger partial charge in [-0.2, -0.15) is 0 Å². The van der Waals surface area contributed by atoms with E-state index in [0.717, 1.165) is 61.8 Å². The molecule has 1 unspecified atom stereocenters. The van der Waals surface area contributed by atoms with Crippen molar-refractivity contribution in [2.24, 2.45) is 0 Å². The SMILES string of the molecule is CCN1CCC(Oc2ccc(-c3sc4cc(O)ccc4c3Cc3ccc(OCCN4CCCCC4)cc3)cc2)C1. The summed E-state index contributed by atoms with van der Waals surface area (Å²) in [7, 11) is 0. The van der Waals surface area contributed by atoms with Crippen LogP contribution in [0.1, 0.15) is 43.7 Å². The molecule has 1 N–H and O–H groups in total. The highest BCUT2D eigenvalue weighted by Crippen LogP contribution is 2.41. The summed E-state index contributed by atoms with van der Waals surface area (Å²) in [4.78, 5) is 6.19. The van der Waals surface area contributed by atoms with Gasteiger partial charge in [0.1, 0.15) is 30.0 Å². The maximum atomic E-state index is 10.2. The number of hydrogen-bond acceptors (Lipinski definition) is 6. The molecule has 3 heterocycles. The van der Waals surface area contributed by atoms with E-state index in [1.54, 1.807) is 17.4 Å². The molecule has 1 aromatic heterocycles. The van der Waals surface area contributed by atoms with Crippen molar-refractivity contribution in [1.29, 1.82) is 0 Å². The molecule has 5 nitrogen and oxygen atoms in total. The summed E-state index contributed by atoms with van der Waals surface area (Å²) in [6.07, 6.45) is 6.15. The molecule has 210 valence electrons. The third kappa shape index (κ3) is 6.46. The second-order valence-corrected chi connectivity index (χ2v) is 12.2. The lowest BCUT2D eigenvalue weighted by Crippen LogP contribution is -2.33. The minimum Gasteiger partial charge on any atom is -0.508 e. The number of nitrogens with zero attached hydrogens (tertiary/aromatic N) is 2. The molecule has 0 spiro atoms. The van der Waals surface area contributed by atoms with Crippen LogP contribution in [0, 0.1) is 0 Å². The first kappa shape index (κ1) is 27.1. The average Bonchev–Trinajstić information content (AvgIpc) is 3.59. The van der Waals surface area contributed by atoms with Gasteiger partial charge in [0, 0.05) is 29.2 Å². The van der Waals surface area contributed by atoms with E-state index in [-0.39, 0.29) is 6.10 Å². The molecule has 4 aromatic rings. The molecule has 0 radical (unpaired) electrons. The highest BCUT2D eigenvalue weighted by molar-refractivity contribution is 7.22. The summed E-state index contributed by atoms with van der Waals surface area (Å²) in [6, 6.07) is 22.8. The van der Waals surface area contributed by atoms with E-state index in [9.17, 15) is 5.11 Å². The summed E-state index contributed by atoms with van der Waals surface area (Å²) >= 11 is 1.74. The third-order valence-electron chi connectivity index (χ3n) is 8.30. The van der Waals surface area contributed by atoms with E-state index in [1.165, 1.54) is 59.3 Å². The number of thiophene rings is 1. The number of likely N-dealkylation sites (tertiary alicyclic amines) is 2. The topological polar surface area (TPSA) is 45.2 Å². The van der Waals surface area contributed by atoms with Gasteiger partial charge in [-0.3, -0.25) is 9.80 Å². The van der Waals surface area contributed by atoms with E-state index in [0.29, 0.717) is 5.75 Å². The molecule has 2 aliphatic heterocycles. The lowest BCUT2D eigenvalue weighted by molar-refractivity contribution is 0.183. The zero-order valence-corrected chi connectivity index (χ0v) is 24.3. The monoisotopic (exact) mass is 556 g/mol. The van der Waals surface area contributed by atoms with Gasteiger partial charge in [-0.25, -0.2) is 0 Å². The molecule has 40 heavy (non-hydrogen) atoms. The number of benzene rings is 3. The molecule has 2 aliphatic rings. The molecule has 2 saturated heterocycles. The smallest absolute Gasteiger partial charge is 0.119 e. The number of likely N-dealkylation sites (N-methyl/N-ethyl adjacent to an activating group) is 1. The van der Waals surface area contributed by atoms with Crippen molar-refractivity contribution in [1.82, 2.24) is 9.80 Å². The number of fused-ring (bicyclic) bond motifs is 1. The van der Waals surface area contributed by atoms with Crippen molar-refractivity contribution < 1.29 is 14.6 Å². The Balaban J connectivity index is 1.16. The quantitative estimate of drug-likeness (QED) is 0.224. The number of piperidine rings is 1. The van der Waals surface area contributed by atoms with Gasteiger partial charge in [0.05, 0.1) is 0 Å². The van der Waals surface area contributed by atoms with Crippen LogP contribution in [-0.4, -0.2) is 66.9 Å². The minimum atomic E-state index is 0.269. The van der Waals surface area contributed by atoms with Crippen molar-refractivity contribution in [2.75, 3.05) is 45.9 Å². The average molecular weight is 557 g/mol. The van der Waals surface area contributed by atoms with E-state index < -0.39 is 0 Å². The minimum absolute atomic E-state index is 0.269. The molecule has 0 aliphatic carbocycles. The molecule has 1 atom stereocenters. The Hall–Kier alpha value is -3.06. The first-order valence-corrected chi connectivity index (χ1v) is 15.6. The molecular weight excluding hydrogens is 516 g/mol. The van der Waals surface area contributed by atoms with Gasteiger partial charge in [0.25, 0.3) is 0 Å². The van der Waals surface area contributed by atoms with E-state index in [4.69, 9.17) is 9.47 Å². The van der Waals surface area contributed by atoms with Crippen molar-refractivity contribution in [3.63, 3.8) is 0 Å². The normalized spacial score (nSPS) is 18.4. The van der Waals surface area contributed by atoms with Crippen LogP contribution in [0.4, 0.5) is 0 Å². The van der Waals surface area contributed by atoms with Gasteiger partial charge in [-0.05, 0) is 122 Å². The Labute approximate surface area is 242 Å². The van der Waals surface area contributed by atoms with Gasteiger partial charge >= 0.3 is 0 Å². The largest absolute Gasteiger partial charge is 0.508 e. The van der Waals surface area contributed by atoms with Crippen molar-refractivity contribution in [3.8, 4) is 27.7 Å². The Bertz CT molecular complexity index is 1390. The molecule has 0 saturated carbocycles. The van der Waals surface area contributed by atoms with Crippen molar-refractivity contribution in [2.45, 2.75) is 45.1 Å². The highest BCUT2D eigenvalue weighted by Gasteiger charge is 2.23. The van der Waals surface area contributed by atoms with Crippen LogP contribution in [-0.2, 0) is 6.42 Å². The lowest BCUT2D eigenvalue weighted by Gasteiger charge is -2.26. The summed E-state index contributed by atoms with van der Waals surface area (Å²) in [6.45, 7) is 9.54. The molecular formula is C34H40N2O3S. The van der Waals surface area contributed by atoms with Crippen LogP contribution < -0.4 is 9.47 Å². The van der Waals surface area contributed by atoms with E-state index in [1.807, 2.05) is 6.07 Å². The Kier molecular flexibility index (Phi) is 8.57. The van der Waals surface area contributed by atoms with Gasteiger partial charge in [-0.15, -0.1) is 11.3 Å². The molecule has 6 rings (SSSR count). The fourth-order valence-corrected chi connectivity index (χ4v) is 7.25. The zero-order valence-electron chi connectivity index (χ0n) is 23.5. The highest BCUT2D eigenvalue weighted by atomic mass is 32.1. The summed E-state index contributed by atoms with van der Waals surface area (Å²) in [5, 5.41) is 11.4. The van der Waals surface area contributed by atoms with Gasteiger partial charge in [-0.1, -0.05) is 25.5 Å². The van der Waals surface area contributed by atoms with Crippen LogP contribution in [0.2, 0.25) is 0 Å².